The van der Waals surface area contributed by atoms with Crippen molar-refractivity contribution in [1.82, 2.24) is 9.97 Å². The van der Waals surface area contributed by atoms with Crippen LogP contribution in [0.4, 0.5) is 5.95 Å². The lowest BCUT2D eigenvalue weighted by Crippen LogP contribution is -2.29. The van der Waals surface area contributed by atoms with Crippen molar-refractivity contribution >= 4 is 11.8 Å². The minimum Gasteiger partial charge on any atom is -0.481 e. The van der Waals surface area contributed by atoms with Crippen molar-refractivity contribution < 1.29 is 9.47 Å². The van der Waals surface area contributed by atoms with E-state index in [0.29, 0.717) is 37.2 Å². The Morgan fingerprint density at radius 1 is 1.33 bits per heavy atom. The van der Waals surface area contributed by atoms with Gasteiger partial charge >= 0.3 is 0 Å². The van der Waals surface area contributed by atoms with Crippen LogP contribution in [0.2, 0.25) is 0 Å². The van der Waals surface area contributed by atoms with Gasteiger partial charge in [-0.1, -0.05) is 0 Å². The van der Waals surface area contributed by atoms with E-state index in [1.807, 2.05) is 11.8 Å². The van der Waals surface area contributed by atoms with Gasteiger partial charge in [-0.2, -0.15) is 9.97 Å². The van der Waals surface area contributed by atoms with Crippen molar-refractivity contribution in [1.29, 1.82) is 5.41 Å². The summed E-state index contributed by atoms with van der Waals surface area (Å²) >= 11 is 0. The number of hydrogen-bond acceptors (Lipinski definition) is 6. The second-order valence-corrected chi connectivity index (χ2v) is 3.61. The zero-order valence-electron chi connectivity index (χ0n) is 10.9. The molecule has 18 heavy (non-hydrogen) atoms. The summed E-state index contributed by atoms with van der Waals surface area (Å²) < 4.78 is 10.2. The van der Waals surface area contributed by atoms with E-state index in [-0.39, 0.29) is 5.84 Å². The van der Waals surface area contributed by atoms with Gasteiger partial charge in [0.15, 0.2) is 0 Å². The van der Waals surface area contributed by atoms with Gasteiger partial charge in [-0.15, -0.1) is 0 Å². The molecule has 0 atom stereocenters. The number of hydrogen-bond donors (Lipinski definition) is 2. The third-order valence-corrected chi connectivity index (χ3v) is 2.40. The van der Waals surface area contributed by atoms with Gasteiger partial charge < -0.3 is 20.1 Å². The summed E-state index contributed by atoms with van der Waals surface area (Å²) in [6.45, 7) is 3.28. The molecule has 0 radical (unpaired) electrons. The highest BCUT2D eigenvalue weighted by atomic mass is 16.5. The van der Waals surface area contributed by atoms with Gasteiger partial charge in [-0.05, 0) is 6.92 Å². The van der Waals surface area contributed by atoms with Crippen LogP contribution in [-0.4, -0.2) is 43.1 Å². The first-order valence-electron chi connectivity index (χ1n) is 5.65. The molecular weight excluding hydrogens is 234 g/mol. The number of anilines is 1. The molecular formula is C11H19N5O2. The molecule has 3 N–H and O–H groups in total. The molecule has 0 aromatic carbocycles. The Balaban J connectivity index is 2.93. The highest BCUT2D eigenvalue weighted by Crippen LogP contribution is 2.20. The van der Waals surface area contributed by atoms with E-state index in [2.05, 4.69) is 9.97 Å². The summed E-state index contributed by atoms with van der Waals surface area (Å²) in [5.41, 5.74) is 5.35. The van der Waals surface area contributed by atoms with Gasteiger partial charge in [0.1, 0.15) is 0 Å². The molecule has 0 spiro atoms. The van der Waals surface area contributed by atoms with Crippen molar-refractivity contribution in [2.75, 3.05) is 32.2 Å². The van der Waals surface area contributed by atoms with Crippen LogP contribution in [0.3, 0.4) is 0 Å². The number of nitrogens with two attached hydrogens (primary N) is 1. The average molecular weight is 253 g/mol. The van der Waals surface area contributed by atoms with E-state index in [9.17, 15) is 0 Å². The molecule has 0 aliphatic rings. The van der Waals surface area contributed by atoms with Gasteiger partial charge in [-0.3, -0.25) is 5.41 Å². The van der Waals surface area contributed by atoms with Crippen molar-refractivity contribution in [3.05, 3.63) is 6.07 Å². The Bertz CT molecular complexity index is 388. The number of aromatic nitrogens is 2. The lowest BCUT2D eigenvalue weighted by atomic mass is 10.3. The zero-order valence-corrected chi connectivity index (χ0v) is 10.9. The number of nitrogens with one attached hydrogen (secondary N) is 1. The van der Waals surface area contributed by atoms with E-state index in [1.54, 1.807) is 6.07 Å². The lowest BCUT2D eigenvalue weighted by molar-refractivity contribution is 0.371. The number of nitrogens with zero attached hydrogens (tertiary/aromatic N) is 3. The third kappa shape index (κ3) is 3.76. The van der Waals surface area contributed by atoms with Gasteiger partial charge in [0, 0.05) is 19.5 Å². The third-order valence-electron chi connectivity index (χ3n) is 2.40. The van der Waals surface area contributed by atoms with Gasteiger partial charge in [0.25, 0.3) is 0 Å². The van der Waals surface area contributed by atoms with E-state index in [0.717, 1.165) is 0 Å². The lowest BCUT2D eigenvalue weighted by Gasteiger charge is -2.21. The molecule has 0 aliphatic heterocycles. The number of rotatable bonds is 7. The summed E-state index contributed by atoms with van der Waals surface area (Å²) in [7, 11) is 3.08. The fourth-order valence-corrected chi connectivity index (χ4v) is 1.40. The minimum absolute atomic E-state index is 0.142. The SMILES string of the molecule is CCN(CCC(=N)N)c1nc(OC)cc(OC)n1. The molecule has 0 unspecified atom stereocenters. The maximum absolute atomic E-state index is 7.24. The summed E-state index contributed by atoms with van der Waals surface area (Å²) in [6.07, 6.45) is 0.469. The Hall–Kier alpha value is -2.05. The van der Waals surface area contributed by atoms with Crippen molar-refractivity contribution in [3.8, 4) is 11.8 Å². The van der Waals surface area contributed by atoms with Crippen LogP contribution in [0.15, 0.2) is 6.07 Å². The Morgan fingerprint density at radius 2 is 1.89 bits per heavy atom. The summed E-state index contributed by atoms with van der Waals surface area (Å²) in [6, 6.07) is 1.61. The zero-order chi connectivity index (χ0) is 13.5. The summed E-state index contributed by atoms with van der Waals surface area (Å²) in [5, 5.41) is 7.24. The molecule has 0 fully saturated rings. The molecule has 0 saturated carbocycles. The molecule has 7 nitrogen and oxygen atoms in total. The monoisotopic (exact) mass is 253 g/mol. The summed E-state index contributed by atoms with van der Waals surface area (Å²) in [4.78, 5) is 10.4. The predicted molar refractivity (Wildman–Crippen MR) is 69.6 cm³/mol. The first-order chi connectivity index (χ1) is 8.60. The van der Waals surface area contributed by atoms with Crippen LogP contribution in [-0.2, 0) is 0 Å². The van der Waals surface area contributed by atoms with E-state index in [4.69, 9.17) is 20.6 Å². The minimum atomic E-state index is 0.142. The molecule has 1 heterocycles. The van der Waals surface area contributed by atoms with Gasteiger partial charge in [0.2, 0.25) is 17.7 Å². The molecule has 1 aromatic rings. The van der Waals surface area contributed by atoms with Crippen LogP contribution in [0.1, 0.15) is 13.3 Å². The molecule has 100 valence electrons. The highest BCUT2D eigenvalue weighted by Gasteiger charge is 2.12. The fraction of sp³-hybridized carbons (Fsp3) is 0.545. The maximum Gasteiger partial charge on any atom is 0.231 e. The van der Waals surface area contributed by atoms with Crippen LogP contribution in [0.25, 0.3) is 0 Å². The Morgan fingerprint density at radius 3 is 2.28 bits per heavy atom. The fourth-order valence-electron chi connectivity index (χ4n) is 1.40. The van der Waals surface area contributed by atoms with Crippen LogP contribution < -0.4 is 20.1 Å². The molecule has 7 heteroatoms. The standard InChI is InChI=1S/C11H19N5O2/c1-4-16(6-5-8(12)13)11-14-9(17-2)7-10(15-11)18-3/h7H,4-6H2,1-3H3,(H3,12,13). The molecule has 0 amide bonds. The van der Waals surface area contributed by atoms with Crippen molar-refractivity contribution in [2.24, 2.45) is 5.73 Å². The maximum atomic E-state index is 7.24. The van der Waals surface area contributed by atoms with E-state index < -0.39 is 0 Å². The summed E-state index contributed by atoms with van der Waals surface area (Å²) in [5.74, 6) is 1.54. The van der Waals surface area contributed by atoms with Crippen LogP contribution in [0.5, 0.6) is 11.8 Å². The largest absolute Gasteiger partial charge is 0.481 e. The van der Waals surface area contributed by atoms with Gasteiger partial charge in [0.05, 0.1) is 26.1 Å². The highest BCUT2D eigenvalue weighted by molar-refractivity contribution is 5.77. The first kappa shape index (κ1) is 14.0. The van der Waals surface area contributed by atoms with Crippen LogP contribution in [0, 0.1) is 5.41 Å². The van der Waals surface area contributed by atoms with E-state index >= 15 is 0 Å². The second kappa shape index (κ2) is 6.63. The topological polar surface area (TPSA) is 97.4 Å². The molecule has 0 saturated heterocycles. The van der Waals surface area contributed by atoms with E-state index in [1.165, 1.54) is 14.2 Å². The predicted octanol–water partition coefficient (Wildman–Crippen LogP) is 0.646. The number of amidine groups is 1. The number of methoxy groups -OCH3 is 2. The average Bonchev–Trinajstić information content (AvgIpc) is 2.38. The normalized spacial score (nSPS) is 9.94. The Kier molecular flexibility index (Phi) is 5.16. The second-order valence-electron chi connectivity index (χ2n) is 3.61. The molecule has 0 bridgehead atoms. The Labute approximate surface area is 106 Å². The quantitative estimate of drug-likeness (QED) is 0.547. The smallest absolute Gasteiger partial charge is 0.231 e. The van der Waals surface area contributed by atoms with Crippen molar-refractivity contribution in [2.45, 2.75) is 13.3 Å². The number of ether oxygens (including phenoxy) is 2. The first-order valence-corrected chi connectivity index (χ1v) is 5.65. The molecule has 1 aromatic heterocycles. The van der Waals surface area contributed by atoms with Crippen LogP contribution >= 0.6 is 0 Å². The molecule has 1 rings (SSSR count). The van der Waals surface area contributed by atoms with Crippen molar-refractivity contribution in [3.63, 3.8) is 0 Å². The molecule has 0 aliphatic carbocycles. The van der Waals surface area contributed by atoms with Gasteiger partial charge in [-0.25, -0.2) is 0 Å².